The topological polar surface area (TPSA) is 78.9 Å². The number of piperidine rings is 1. The zero-order valence-electron chi connectivity index (χ0n) is 18.7. The molecule has 1 heterocycles. The summed E-state index contributed by atoms with van der Waals surface area (Å²) < 4.78 is 31.3. The molecule has 0 saturated carbocycles. The van der Waals surface area contributed by atoms with Crippen molar-refractivity contribution < 1.29 is 17.9 Å². The second kappa shape index (κ2) is 10.7. The highest BCUT2D eigenvalue weighted by atomic mass is 35.5. The van der Waals surface area contributed by atoms with Crippen molar-refractivity contribution >= 4 is 27.5 Å². The van der Waals surface area contributed by atoms with Crippen LogP contribution in [0.1, 0.15) is 41.2 Å². The first-order chi connectivity index (χ1) is 15.2. The number of nitrogens with one attached hydrogen (secondary N) is 1. The number of carbonyl (C=O) groups excluding carboxylic acids is 1. The number of amides is 1. The van der Waals surface area contributed by atoms with Crippen molar-refractivity contribution in [3.8, 4) is 5.75 Å². The van der Waals surface area contributed by atoms with Gasteiger partial charge in [0.1, 0.15) is 5.75 Å². The van der Waals surface area contributed by atoms with Crippen LogP contribution in [0.3, 0.4) is 0 Å². The van der Waals surface area contributed by atoms with Crippen LogP contribution in [0.15, 0.2) is 47.4 Å². The molecule has 1 saturated heterocycles. The van der Waals surface area contributed by atoms with Crippen molar-refractivity contribution in [1.82, 2.24) is 14.5 Å². The lowest BCUT2D eigenvalue weighted by Gasteiger charge is -2.35. The molecule has 0 aliphatic carbocycles. The molecule has 9 heteroatoms. The maximum absolute atomic E-state index is 13.0. The average Bonchev–Trinajstić information content (AvgIpc) is 2.80. The van der Waals surface area contributed by atoms with E-state index in [9.17, 15) is 13.2 Å². The number of rotatable bonds is 8. The third-order valence-corrected chi connectivity index (χ3v) is 7.89. The Morgan fingerprint density at radius 2 is 1.78 bits per heavy atom. The predicted molar refractivity (Wildman–Crippen MR) is 126 cm³/mol. The average molecular weight is 480 g/mol. The van der Waals surface area contributed by atoms with Gasteiger partial charge in [0.05, 0.1) is 28.6 Å². The Labute approximate surface area is 195 Å². The van der Waals surface area contributed by atoms with Crippen LogP contribution in [0.2, 0.25) is 5.02 Å². The molecule has 0 unspecified atom stereocenters. The van der Waals surface area contributed by atoms with Crippen LogP contribution in [-0.2, 0) is 10.0 Å². The molecule has 32 heavy (non-hydrogen) atoms. The summed E-state index contributed by atoms with van der Waals surface area (Å²) in [6.45, 7) is 2.31. The molecule has 1 fully saturated rings. The molecular formula is C23H30ClN3O4S. The predicted octanol–water partition coefficient (Wildman–Crippen LogP) is 3.56. The van der Waals surface area contributed by atoms with Crippen LogP contribution in [0.5, 0.6) is 5.75 Å². The first kappa shape index (κ1) is 24.5. The Hall–Kier alpha value is -2.13. The van der Waals surface area contributed by atoms with Crippen LogP contribution in [-0.4, -0.2) is 64.4 Å². The van der Waals surface area contributed by atoms with Crippen molar-refractivity contribution in [2.75, 3.05) is 40.8 Å². The normalized spacial score (nSPS) is 16.0. The third-order valence-electron chi connectivity index (χ3n) is 5.75. The summed E-state index contributed by atoms with van der Waals surface area (Å²) in [5.41, 5.74) is 1.23. The number of halogens is 1. The van der Waals surface area contributed by atoms with E-state index in [1.165, 1.54) is 38.7 Å². The summed E-state index contributed by atoms with van der Waals surface area (Å²) in [6, 6.07) is 12.0. The van der Waals surface area contributed by atoms with E-state index in [-0.39, 0.29) is 21.5 Å². The van der Waals surface area contributed by atoms with E-state index >= 15 is 0 Å². The maximum Gasteiger partial charge on any atom is 0.252 e. The van der Waals surface area contributed by atoms with Gasteiger partial charge in [-0.1, -0.05) is 30.2 Å². The summed E-state index contributed by atoms with van der Waals surface area (Å²) >= 11 is 6.24. The monoisotopic (exact) mass is 479 g/mol. The molecule has 0 aromatic heterocycles. The van der Waals surface area contributed by atoms with Crippen molar-refractivity contribution in [2.24, 2.45) is 0 Å². The summed E-state index contributed by atoms with van der Waals surface area (Å²) in [5.74, 6) is 0.377. The van der Waals surface area contributed by atoms with Gasteiger partial charge in [-0.05, 0) is 61.8 Å². The van der Waals surface area contributed by atoms with Gasteiger partial charge in [-0.25, -0.2) is 12.7 Å². The highest BCUT2D eigenvalue weighted by molar-refractivity contribution is 7.89. The minimum absolute atomic E-state index is 0.00220. The molecule has 1 aliphatic heterocycles. The van der Waals surface area contributed by atoms with Crippen LogP contribution in [0.4, 0.5) is 0 Å². The number of nitrogens with zero attached hydrogens (tertiary/aromatic N) is 2. The standard InChI is InChI=1S/C23H30ClN3O4S/c1-26(2)32(29,30)19-11-12-21(24)20(15-19)23(28)25-16-22(27-13-5-4-6-14-27)17-7-9-18(31-3)10-8-17/h7-12,15,22H,4-6,13-14,16H2,1-3H3,(H,25,28)/t22-/m1/s1. The molecule has 2 aromatic rings. The highest BCUT2D eigenvalue weighted by Crippen LogP contribution is 2.27. The fraction of sp³-hybridized carbons (Fsp3) is 0.435. The van der Waals surface area contributed by atoms with E-state index < -0.39 is 15.9 Å². The molecule has 3 rings (SSSR count). The molecular weight excluding hydrogens is 450 g/mol. The molecule has 0 spiro atoms. The molecule has 1 atom stereocenters. The SMILES string of the molecule is COc1ccc([C@@H](CNC(=O)c2cc(S(=O)(=O)N(C)C)ccc2Cl)N2CCCCC2)cc1. The molecule has 7 nitrogen and oxygen atoms in total. The number of methoxy groups -OCH3 is 1. The Morgan fingerprint density at radius 3 is 2.38 bits per heavy atom. The number of sulfonamides is 1. The quantitative estimate of drug-likeness (QED) is 0.626. The number of benzene rings is 2. The number of hydrogen-bond acceptors (Lipinski definition) is 5. The van der Waals surface area contributed by atoms with E-state index in [1.54, 1.807) is 7.11 Å². The third kappa shape index (κ3) is 5.61. The van der Waals surface area contributed by atoms with E-state index in [1.807, 2.05) is 24.3 Å². The van der Waals surface area contributed by atoms with Crippen LogP contribution < -0.4 is 10.1 Å². The largest absolute Gasteiger partial charge is 0.497 e. The van der Waals surface area contributed by atoms with Crippen molar-refractivity contribution in [2.45, 2.75) is 30.2 Å². The summed E-state index contributed by atoms with van der Waals surface area (Å²) in [5, 5.41) is 3.18. The Morgan fingerprint density at radius 1 is 1.12 bits per heavy atom. The minimum Gasteiger partial charge on any atom is -0.497 e. The molecule has 0 radical (unpaired) electrons. The zero-order valence-corrected chi connectivity index (χ0v) is 20.2. The molecule has 0 bridgehead atoms. The van der Waals surface area contributed by atoms with E-state index in [2.05, 4.69) is 10.2 Å². The zero-order chi connectivity index (χ0) is 23.3. The first-order valence-electron chi connectivity index (χ1n) is 10.6. The van der Waals surface area contributed by atoms with Crippen molar-refractivity contribution in [3.05, 3.63) is 58.6 Å². The van der Waals surface area contributed by atoms with E-state index in [0.717, 1.165) is 41.5 Å². The summed E-state index contributed by atoms with van der Waals surface area (Å²) in [6.07, 6.45) is 3.45. The maximum atomic E-state index is 13.0. The number of carbonyl (C=O) groups is 1. The Bertz CT molecular complexity index is 1040. The van der Waals surface area contributed by atoms with Gasteiger partial charge >= 0.3 is 0 Å². The van der Waals surface area contributed by atoms with Gasteiger partial charge in [0, 0.05) is 20.6 Å². The number of hydrogen-bond donors (Lipinski definition) is 1. The summed E-state index contributed by atoms with van der Waals surface area (Å²) in [4.78, 5) is 15.4. The lowest BCUT2D eigenvalue weighted by Crippen LogP contribution is -2.40. The lowest BCUT2D eigenvalue weighted by atomic mass is 10.0. The lowest BCUT2D eigenvalue weighted by molar-refractivity contribution is 0.0924. The Balaban J connectivity index is 1.81. The Kier molecular flexibility index (Phi) is 8.16. The van der Waals surface area contributed by atoms with Gasteiger partial charge in [0.15, 0.2) is 0 Å². The molecule has 1 aliphatic rings. The van der Waals surface area contributed by atoms with E-state index in [4.69, 9.17) is 16.3 Å². The number of ether oxygens (including phenoxy) is 1. The molecule has 2 aromatic carbocycles. The van der Waals surface area contributed by atoms with E-state index in [0.29, 0.717) is 6.54 Å². The smallest absolute Gasteiger partial charge is 0.252 e. The summed E-state index contributed by atoms with van der Waals surface area (Å²) in [7, 11) is 0.850. The second-order valence-corrected chi connectivity index (χ2v) is 10.6. The van der Waals surface area contributed by atoms with Gasteiger partial charge < -0.3 is 10.1 Å². The van der Waals surface area contributed by atoms with Crippen LogP contribution >= 0.6 is 11.6 Å². The van der Waals surface area contributed by atoms with Crippen LogP contribution in [0.25, 0.3) is 0 Å². The minimum atomic E-state index is -3.67. The van der Waals surface area contributed by atoms with Gasteiger partial charge in [-0.3, -0.25) is 9.69 Å². The molecule has 1 amide bonds. The first-order valence-corrected chi connectivity index (χ1v) is 12.4. The van der Waals surface area contributed by atoms with Gasteiger partial charge in [-0.2, -0.15) is 0 Å². The fourth-order valence-electron chi connectivity index (χ4n) is 3.85. The number of likely N-dealkylation sites (tertiary alicyclic amines) is 1. The molecule has 174 valence electrons. The van der Waals surface area contributed by atoms with Gasteiger partial charge in [0.25, 0.3) is 5.91 Å². The van der Waals surface area contributed by atoms with Gasteiger partial charge in [0.2, 0.25) is 10.0 Å². The molecule has 1 N–H and O–H groups in total. The van der Waals surface area contributed by atoms with Crippen molar-refractivity contribution in [3.63, 3.8) is 0 Å². The highest BCUT2D eigenvalue weighted by Gasteiger charge is 2.25. The van der Waals surface area contributed by atoms with Crippen LogP contribution in [0, 0.1) is 0 Å². The fourth-order valence-corrected chi connectivity index (χ4v) is 4.98. The van der Waals surface area contributed by atoms with Gasteiger partial charge in [-0.15, -0.1) is 0 Å². The second-order valence-electron chi connectivity index (χ2n) is 8.02. The van der Waals surface area contributed by atoms with Crippen molar-refractivity contribution in [1.29, 1.82) is 0 Å².